The molecule has 0 saturated carbocycles. The molecule has 1 aliphatic rings. The molecule has 1 fully saturated rings. The van der Waals surface area contributed by atoms with Gasteiger partial charge in [-0.25, -0.2) is 4.98 Å². The number of nitrogens with one attached hydrogen (secondary N) is 1. The van der Waals surface area contributed by atoms with Gasteiger partial charge in [0.15, 0.2) is 0 Å². The van der Waals surface area contributed by atoms with E-state index in [1.807, 2.05) is 53.9 Å². The quantitative estimate of drug-likeness (QED) is 0.771. The third-order valence-electron chi connectivity index (χ3n) is 5.61. The Morgan fingerprint density at radius 1 is 1.22 bits per heavy atom. The van der Waals surface area contributed by atoms with Crippen LogP contribution in [0.2, 0.25) is 0 Å². The predicted molar refractivity (Wildman–Crippen MR) is 104 cm³/mol. The summed E-state index contributed by atoms with van der Waals surface area (Å²) in [5, 5.41) is 7.49. The summed E-state index contributed by atoms with van der Waals surface area (Å²) >= 11 is 0. The molecule has 0 bridgehead atoms. The number of benzene rings is 1. The molecule has 27 heavy (non-hydrogen) atoms. The highest BCUT2D eigenvalue weighted by Crippen LogP contribution is 2.34. The number of aromatic nitrogens is 4. The molecule has 1 N–H and O–H groups in total. The first-order chi connectivity index (χ1) is 13.1. The molecule has 140 valence electrons. The molecular formula is C21H25N5O. The number of amides is 1. The number of nitrogens with zero attached hydrogens (tertiary/aromatic N) is 4. The number of hydrogen-bond acceptors (Lipinski definition) is 3. The molecule has 1 unspecified atom stereocenters. The van der Waals surface area contributed by atoms with Gasteiger partial charge < -0.3 is 9.47 Å². The number of hydrogen-bond donors (Lipinski definition) is 1. The Morgan fingerprint density at radius 2 is 1.96 bits per heavy atom. The smallest absolute Gasteiger partial charge is 0.245 e. The van der Waals surface area contributed by atoms with Crippen LogP contribution in [-0.2, 0) is 4.79 Å². The maximum absolute atomic E-state index is 12.9. The molecule has 1 atom stereocenters. The molecule has 1 aromatic carbocycles. The fourth-order valence-corrected chi connectivity index (χ4v) is 4.02. The second-order valence-corrected chi connectivity index (χ2v) is 7.22. The number of likely N-dealkylation sites (tertiary alicyclic amines) is 1. The maximum atomic E-state index is 12.9. The Hall–Kier alpha value is -2.89. The van der Waals surface area contributed by atoms with Crippen LogP contribution in [-0.4, -0.2) is 43.6 Å². The Kier molecular flexibility index (Phi) is 4.79. The molecule has 0 aliphatic carbocycles. The summed E-state index contributed by atoms with van der Waals surface area (Å²) in [4.78, 5) is 19.1. The zero-order valence-corrected chi connectivity index (χ0v) is 15.8. The van der Waals surface area contributed by atoms with Gasteiger partial charge in [0.1, 0.15) is 11.9 Å². The van der Waals surface area contributed by atoms with E-state index in [4.69, 9.17) is 0 Å². The highest BCUT2D eigenvalue weighted by atomic mass is 16.2. The highest BCUT2D eigenvalue weighted by molar-refractivity contribution is 5.80. The number of H-pyrrole nitrogens is 1. The molecule has 6 nitrogen and oxygen atoms in total. The normalized spacial score (nSPS) is 16.4. The van der Waals surface area contributed by atoms with Crippen molar-refractivity contribution in [3.8, 4) is 11.1 Å². The van der Waals surface area contributed by atoms with Gasteiger partial charge in [0, 0.05) is 42.7 Å². The molecule has 1 saturated heterocycles. The lowest BCUT2D eigenvalue weighted by atomic mass is 9.89. The summed E-state index contributed by atoms with van der Waals surface area (Å²) in [6, 6.07) is 10.1. The van der Waals surface area contributed by atoms with Crippen molar-refractivity contribution in [3.63, 3.8) is 0 Å². The fourth-order valence-electron chi connectivity index (χ4n) is 4.02. The monoisotopic (exact) mass is 363 g/mol. The van der Waals surface area contributed by atoms with Gasteiger partial charge in [-0.2, -0.15) is 5.10 Å². The van der Waals surface area contributed by atoms with Crippen molar-refractivity contribution in [1.29, 1.82) is 0 Å². The first-order valence-corrected chi connectivity index (χ1v) is 9.52. The van der Waals surface area contributed by atoms with E-state index in [-0.39, 0.29) is 11.9 Å². The van der Waals surface area contributed by atoms with E-state index in [1.165, 1.54) is 16.8 Å². The average molecular weight is 363 g/mol. The molecule has 1 aliphatic heterocycles. The Bertz CT molecular complexity index is 906. The molecule has 6 heteroatoms. The lowest BCUT2D eigenvalue weighted by molar-refractivity contribution is -0.135. The molecule has 4 rings (SSSR count). The van der Waals surface area contributed by atoms with E-state index in [9.17, 15) is 4.79 Å². The minimum Gasteiger partial charge on any atom is -0.341 e. The van der Waals surface area contributed by atoms with Crippen LogP contribution >= 0.6 is 0 Å². The summed E-state index contributed by atoms with van der Waals surface area (Å²) in [6.07, 6.45) is 7.43. The Labute approximate surface area is 159 Å². The van der Waals surface area contributed by atoms with Gasteiger partial charge in [0.05, 0.1) is 6.20 Å². The summed E-state index contributed by atoms with van der Waals surface area (Å²) < 4.78 is 1.94. The standard InChI is InChI=1S/C21H25N5O/c1-15(26-13-10-22-16(26)2)21(27)25-11-8-18(9-12-25)20-19(14-23-24-20)17-6-4-3-5-7-17/h3-7,10,13-15,18H,8-9,11-12H2,1-2H3,(H,23,24). The van der Waals surface area contributed by atoms with Gasteiger partial charge in [0.2, 0.25) is 5.91 Å². The van der Waals surface area contributed by atoms with Crippen molar-refractivity contribution < 1.29 is 4.79 Å². The zero-order valence-electron chi connectivity index (χ0n) is 15.8. The third-order valence-corrected chi connectivity index (χ3v) is 5.61. The number of carbonyl (C=O) groups excluding carboxylic acids is 1. The molecule has 0 radical (unpaired) electrons. The summed E-state index contributed by atoms with van der Waals surface area (Å²) in [5.74, 6) is 1.44. The van der Waals surface area contributed by atoms with E-state index in [1.54, 1.807) is 6.20 Å². The van der Waals surface area contributed by atoms with Crippen molar-refractivity contribution in [2.75, 3.05) is 13.1 Å². The van der Waals surface area contributed by atoms with Gasteiger partial charge in [0.25, 0.3) is 0 Å². The lowest BCUT2D eigenvalue weighted by Gasteiger charge is -2.34. The second kappa shape index (κ2) is 7.39. The van der Waals surface area contributed by atoms with Crippen molar-refractivity contribution in [2.45, 2.75) is 38.6 Å². The number of aromatic amines is 1. The zero-order chi connectivity index (χ0) is 18.8. The van der Waals surface area contributed by atoms with Crippen LogP contribution in [0.4, 0.5) is 0 Å². The highest BCUT2D eigenvalue weighted by Gasteiger charge is 2.29. The topological polar surface area (TPSA) is 66.8 Å². The fraction of sp³-hybridized carbons (Fsp3) is 0.381. The minimum atomic E-state index is -0.212. The van der Waals surface area contributed by atoms with Crippen LogP contribution in [0.5, 0.6) is 0 Å². The van der Waals surface area contributed by atoms with Crippen LogP contribution in [0.15, 0.2) is 48.9 Å². The van der Waals surface area contributed by atoms with Gasteiger partial charge >= 0.3 is 0 Å². The molecule has 1 amide bonds. The van der Waals surface area contributed by atoms with Crippen LogP contribution in [0.25, 0.3) is 11.1 Å². The van der Waals surface area contributed by atoms with Crippen molar-refractivity contribution >= 4 is 5.91 Å². The van der Waals surface area contributed by atoms with E-state index >= 15 is 0 Å². The van der Waals surface area contributed by atoms with Crippen LogP contribution in [0.3, 0.4) is 0 Å². The minimum absolute atomic E-state index is 0.169. The van der Waals surface area contributed by atoms with Gasteiger partial charge in [-0.05, 0) is 32.3 Å². The average Bonchev–Trinajstić information content (AvgIpc) is 3.37. The van der Waals surface area contributed by atoms with E-state index in [0.717, 1.165) is 31.8 Å². The van der Waals surface area contributed by atoms with Crippen molar-refractivity contribution in [1.82, 2.24) is 24.6 Å². The van der Waals surface area contributed by atoms with Gasteiger partial charge in [-0.1, -0.05) is 30.3 Å². The lowest BCUT2D eigenvalue weighted by Crippen LogP contribution is -2.41. The number of piperidine rings is 1. The third kappa shape index (κ3) is 3.39. The Morgan fingerprint density at radius 3 is 2.63 bits per heavy atom. The number of carbonyl (C=O) groups is 1. The largest absolute Gasteiger partial charge is 0.341 e. The predicted octanol–water partition coefficient (Wildman–Crippen LogP) is 3.55. The molecular weight excluding hydrogens is 338 g/mol. The Balaban J connectivity index is 1.44. The van der Waals surface area contributed by atoms with E-state index in [2.05, 4.69) is 27.3 Å². The maximum Gasteiger partial charge on any atom is 0.245 e. The number of imidazole rings is 1. The number of rotatable bonds is 4. The number of aryl methyl sites for hydroxylation is 1. The summed E-state index contributed by atoms with van der Waals surface area (Å²) in [6.45, 7) is 5.43. The van der Waals surface area contributed by atoms with Crippen molar-refractivity contribution in [3.05, 3.63) is 60.4 Å². The molecule has 2 aromatic heterocycles. The SMILES string of the molecule is Cc1nccn1C(C)C(=O)N1CCC(c2[nH]ncc2-c2ccccc2)CC1. The molecule has 3 aromatic rings. The molecule has 3 heterocycles. The van der Waals surface area contributed by atoms with Gasteiger partial charge in [-0.15, -0.1) is 0 Å². The summed E-state index contributed by atoms with van der Waals surface area (Å²) in [7, 11) is 0. The van der Waals surface area contributed by atoms with Crippen molar-refractivity contribution in [2.24, 2.45) is 0 Å². The summed E-state index contributed by atoms with van der Waals surface area (Å²) in [5.41, 5.74) is 3.54. The van der Waals surface area contributed by atoms with E-state index in [0.29, 0.717) is 5.92 Å². The van der Waals surface area contributed by atoms with Crippen LogP contribution in [0, 0.1) is 6.92 Å². The van der Waals surface area contributed by atoms with E-state index < -0.39 is 0 Å². The second-order valence-electron chi connectivity index (χ2n) is 7.22. The van der Waals surface area contributed by atoms with Gasteiger partial charge in [-0.3, -0.25) is 9.89 Å². The van der Waals surface area contributed by atoms with Crippen LogP contribution in [0.1, 0.15) is 43.2 Å². The van der Waals surface area contributed by atoms with Crippen LogP contribution < -0.4 is 0 Å². The molecule has 0 spiro atoms. The first-order valence-electron chi connectivity index (χ1n) is 9.52. The first kappa shape index (κ1) is 17.5.